The van der Waals surface area contributed by atoms with Crippen LogP contribution in [0.25, 0.3) is 0 Å². The van der Waals surface area contributed by atoms with Crippen molar-refractivity contribution in [2.45, 2.75) is 58.8 Å². The van der Waals surface area contributed by atoms with Gasteiger partial charge in [-0.25, -0.2) is 0 Å². The number of aromatic nitrogens is 1. The molecule has 1 aromatic rings. The first kappa shape index (κ1) is 16.0. The Morgan fingerprint density at radius 2 is 2.09 bits per heavy atom. The Bertz CT molecular complexity index is 511. The lowest BCUT2D eigenvalue weighted by Gasteiger charge is -2.42. The van der Waals surface area contributed by atoms with Crippen LogP contribution < -0.4 is 0 Å². The van der Waals surface area contributed by atoms with Crippen molar-refractivity contribution >= 4 is 0 Å². The summed E-state index contributed by atoms with van der Waals surface area (Å²) in [5.74, 6) is 0. The van der Waals surface area contributed by atoms with Gasteiger partial charge in [0.2, 0.25) is 0 Å². The van der Waals surface area contributed by atoms with E-state index in [0.29, 0.717) is 6.04 Å². The highest BCUT2D eigenvalue weighted by Crippen LogP contribution is 2.27. The van der Waals surface area contributed by atoms with E-state index in [-0.39, 0.29) is 0 Å². The van der Waals surface area contributed by atoms with E-state index in [4.69, 9.17) is 4.74 Å². The monoisotopic (exact) mass is 305 g/mol. The highest BCUT2D eigenvalue weighted by atomic mass is 16.5. The second kappa shape index (κ2) is 6.73. The van der Waals surface area contributed by atoms with Gasteiger partial charge in [0.15, 0.2) is 0 Å². The number of piperazine rings is 1. The van der Waals surface area contributed by atoms with E-state index in [0.717, 1.165) is 25.7 Å². The molecule has 4 heteroatoms. The van der Waals surface area contributed by atoms with E-state index in [1.165, 1.54) is 49.4 Å². The number of hydrogen-bond donors (Lipinski definition) is 0. The number of aryl methyl sites for hydroxylation is 1. The molecule has 1 aromatic heterocycles. The van der Waals surface area contributed by atoms with E-state index in [1.807, 2.05) is 0 Å². The molecule has 0 aromatic carbocycles. The van der Waals surface area contributed by atoms with Crippen LogP contribution in [0.5, 0.6) is 0 Å². The van der Waals surface area contributed by atoms with Gasteiger partial charge >= 0.3 is 0 Å². The molecule has 4 nitrogen and oxygen atoms in total. The zero-order chi connectivity index (χ0) is 15.7. The molecular weight excluding hydrogens is 274 g/mol. The lowest BCUT2D eigenvalue weighted by Crippen LogP contribution is -2.54. The van der Waals surface area contributed by atoms with E-state index in [9.17, 15) is 0 Å². The third kappa shape index (κ3) is 3.10. The third-order valence-electron chi connectivity index (χ3n) is 5.64. The Labute approximate surface area is 135 Å². The maximum atomic E-state index is 5.24. The Balaban J connectivity index is 1.70. The van der Waals surface area contributed by atoms with Gasteiger partial charge in [0.1, 0.15) is 0 Å². The average molecular weight is 305 g/mol. The Hall–Kier alpha value is -0.840. The van der Waals surface area contributed by atoms with E-state index >= 15 is 0 Å². The number of hydrogen-bond acceptors (Lipinski definition) is 3. The van der Waals surface area contributed by atoms with Crippen molar-refractivity contribution in [3.63, 3.8) is 0 Å². The molecule has 0 amide bonds. The molecule has 2 aliphatic heterocycles. The van der Waals surface area contributed by atoms with Crippen molar-refractivity contribution in [1.29, 1.82) is 0 Å². The summed E-state index contributed by atoms with van der Waals surface area (Å²) in [5, 5.41) is 0. The molecule has 0 spiro atoms. The summed E-state index contributed by atoms with van der Waals surface area (Å²) in [5.41, 5.74) is 4.26. The number of methoxy groups -OCH3 is 1. The zero-order valence-corrected chi connectivity index (χ0v) is 14.6. The highest BCUT2D eigenvalue weighted by Gasteiger charge is 2.34. The molecule has 2 atom stereocenters. The van der Waals surface area contributed by atoms with Crippen molar-refractivity contribution < 1.29 is 4.74 Å². The molecule has 22 heavy (non-hydrogen) atoms. The number of ether oxygens (including phenoxy) is 1. The van der Waals surface area contributed by atoms with Crippen LogP contribution in [0, 0.1) is 13.8 Å². The first-order valence-electron chi connectivity index (χ1n) is 8.72. The molecule has 2 fully saturated rings. The van der Waals surface area contributed by atoms with Gasteiger partial charge in [-0.3, -0.25) is 9.80 Å². The molecule has 0 bridgehead atoms. The van der Waals surface area contributed by atoms with Crippen molar-refractivity contribution in [1.82, 2.24) is 14.4 Å². The molecule has 124 valence electrons. The van der Waals surface area contributed by atoms with Crippen LogP contribution >= 0.6 is 0 Å². The minimum atomic E-state index is 0.663. The fourth-order valence-corrected chi connectivity index (χ4v) is 4.25. The lowest BCUT2D eigenvalue weighted by atomic mass is 10.1. The summed E-state index contributed by atoms with van der Waals surface area (Å²) in [4.78, 5) is 5.39. The van der Waals surface area contributed by atoms with Gasteiger partial charge in [-0.15, -0.1) is 0 Å². The van der Waals surface area contributed by atoms with Gasteiger partial charge in [0.25, 0.3) is 0 Å². The van der Waals surface area contributed by atoms with E-state index in [2.05, 4.69) is 41.2 Å². The van der Waals surface area contributed by atoms with Gasteiger partial charge < -0.3 is 9.30 Å². The fourth-order valence-electron chi connectivity index (χ4n) is 4.25. The summed E-state index contributed by atoms with van der Waals surface area (Å²) in [6.45, 7) is 13.5. The molecular formula is C18H31N3O. The predicted octanol–water partition coefficient (Wildman–Crippen LogP) is 2.42. The molecule has 0 saturated carbocycles. The highest BCUT2D eigenvalue weighted by molar-refractivity contribution is 5.27. The van der Waals surface area contributed by atoms with Crippen LogP contribution in [-0.2, 0) is 17.8 Å². The minimum Gasteiger partial charge on any atom is -0.383 e. The molecule has 2 saturated heterocycles. The third-order valence-corrected chi connectivity index (χ3v) is 5.64. The summed E-state index contributed by atoms with van der Waals surface area (Å²) >= 11 is 0. The number of fused-ring (bicyclic) bond motifs is 1. The molecule has 1 unspecified atom stereocenters. The van der Waals surface area contributed by atoms with Crippen LogP contribution in [0.15, 0.2) is 6.07 Å². The number of rotatable bonds is 5. The molecule has 3 rings (SSSR count). The van der Waals surface area contributed by atoms with Gasteiger partial charge in [0, 0.05) is 56.8 Å². The quantitative estimate of drug-likeness (QED) is 0.833. The van der Waals surface area contributed by atoms with Gasteiger partial charge in [-0.05, 0) is 51.8 Å². The zero-order valence-electron chi connectivity index (χ0n) is 14.6. The molecule has 0 aliphatic carbocycles. The summed E-state index contributed by atoms with van der Waals surface area (Å²) in [7, 11) is 1.78. The topological polar surface area (TPSA) is 20.6 Å². The normalized spacial score (nSPS) is 26.5. The summed E-state index contributed by atoms with van der Waals surface area (Å²) in [6.07, 6.45) is 2.77. The Kier molecular flexibility index (Phi) is 4.91. The maximum absolute atomic E-state index is 5.24. The first-order valence-corrected chi connectivity index (χ1v) is 8.72. The van der Waals surface area contributed by atoms with Crippen molar-refractivity contribution in [2.75, 3.05) is 33.4 Å². The second-order valence-electron chi connectivity index (χ2n) is 7.11. The Morgan fingerprint density at radius 3 is 2.86 bits per heavy atom. The van der Waals surface area contributed by atoms with Crippen molar-refractivity contribution in [3.05, 3.63) is 23.0 Å². The SMILES string of the molecule is COCCn1c(C)cc(CN2CC3CCCN3C[C@H]2C)c1C. The molecule has 2 aliphatic rings. The first-order chi connectivity index (χ1) is 10.6. The molecule has 3 heterocycles. The van der Waals surface area contributed by atoms with Crippen molar-refractivity contribution in [2.24, 2.45) is 0 Å². The Morgan fingerprint density at radius 1 is 1.27 bits per heavy atom. The standard InChI is InChI=1S/C18H31N3O/c1-14-10-17(16(3)21(14)8-9-22-4)12-20-13-18-6-5-7-19(18)11-15(20)2/h10,15,18H,5-9,11-13H2,1-4H3/t15-,18?/m1/s1. The fraction of sp³-hybridized carbons (Fsp3) is 0.778. The second-order valence-corrected chi connectivity index (χ2v) is 7.11. The lowest BCUT2D eigenvalue weighted by molar-refractivity contribution is 0.0539. The minimum absolute atomic E-state index is 0.663. The van der Waals surface area contributed by atoms with Crippen LogP contribution in [-0.4, -0.2) is 59.8 Å². The van der Waals surface area contributed by atoms with Crippen LogP contribution in [0.4, 0.5) is 0 Å². The largest absolute Gasteiger partial charge is 0.383 e. The maximum Gasteiger partial charge on any atom is 0.0641 e. The molecule has 0 N–H and O–H groups in total. The summed E-state index contributed by atoms with van der Waals surface area (Å²) in [6, 6.07) is 3.84. The predicted molar refractivity (Wildman–Crippen MR) is 90.2 cm³/mol. The van der Waals surface area contributed by atoms with Gasteiger partial charge in [0.05, 0.1) is 6.61 Å². The molecule has 0 radical (unpaired) electrons. The van der Waals surface area contributed by atoms with E-state index in [1.54, 1.807) is 7.11 Å². The van der Waals surface area contributed by atoms with Crippen LogP contribution in [0.2, 0.25) is 0 Å². The summed E-state index contributed by atoms with van der Waals surface area (Å²) < 4.78 is 7.64. The average Bonchev–Trinajstić information content (AvgIpc) is 3.03. The smallest absolute Gasteiger partial charge is 0.0641 e. The van der Waals surface area contributed by atoms with Crippen LogP contribution in [0.3, 0.4) is 0 Å². The van der Waals surface area contributed by atoms with Crippen molar-refractivity contribution in [3.8, 4) is 0 Å². The van der Waals surface area contributed by atoms with Gasteiger partial charge in [-0.1, -0.05) is 0 Å². The van der Waals surface area contributed by atoms with Crippen LogP contribution in [0.1, 0.15) is 36.7 Å². The van der Waals surface area contributed by atoms with E-state index < -0.39 is 0 Å². The van der Waals surface area contributed by atoms with Gasteiger partial charge in [-0.2, -0.15) is 0 Å². The number of nitrogens with zero attached hydrogens (tertiary/aromatic N) is 3.